The number of aliphatic imine (C=N–C) groups is 1. The Kier molecular flexibility index (Phi) is 6.73. The van der Waals surface area contributed by atoms with Crippen molar-refractivity contribution in [1.29, 1.82) is 0 Å². The van der Waals surface area contributed by atoms with Crippen molar-refractivity contribution in [2.24, 2.45) is 10.7 Å². The van der Waals surface area contributed by atoms with E-state index in [-0.39, 0.29) is 36.0 Å². The van der Waals surface area contributed by atoms with Crippen LogP contribution in [0.15, 0.2) is 41.4 Å². The molecule has 8 heteroatoms. The fourth-order valence-corrected chi connectivity index (χ4v) is 6.64. The standard InChI is InChI=1S/C31H38N4O4/c1-3-21-17-24-22-15-19(8-10-27(22)39-21)7-5-6-13-31(4-2)18-28(36)35(30(32)34-31)25-12-14-38-26-11-9-20(16-23(25)26)29(37)33-24/h8-11,15-16,21,24-25H,3-7,12-14,17-18H2,1-2H3,(H2,32,34)(H,33,37)/t21-,24-,25+,31+/m0/s1. The molecule has 39 heavy (non-hydrogen) atoms. The van der Waals surface area contributed by atoms with Gasteiger partial charge in [-0.2, -0.15) is 0 Å². The second-order valence-corrected chi connectivity index (χ2v) is 11.4. The summed E-state index contributed by atoms with van der Waals surface area (Å²) in [5.41, 5.74) is 9.67. The summed E-state index contributed by atoms with van der Waals surface area (Å²) in [4.78, 5) is 33.9. The molecule has 0 aromatic heterocycles. The predicted molar refractivity (Wildman–Crippen MR) is 149 cm³/mol. The Labute approximate surface area is 229 Å². The number of hydrogen-bond acceptors (Lipinski definition) is 6. The highest BCUT2D eigenvalue weighted by molar-refractivity contribution is 6.00. The minimum Gasteiger partial charge on any atom is -0.493 e. The molecule has 0 saturated carbocycles. The second kappa shape index (κ2) is 10.2. The van der Waals surface area contributed by atoms with Crippen LogP contribution >= 0.6 is 0 Å². The van der Waals surface area contributed by atoms with Gasteiger partial charge >= 0.3 is 0 Å². The number of ether oxygens (including phenoxy) is 2. The van der Waals surface area contributed by atoms with Gasteiger partial charge < -0.3 is 20.5 Å². The minimum atomic E-state index is -0.469. The summed E-state index contributed by atoms with van der Waals surface area (Å²) in [7, 11) is 0. The third-order valence-electron chi connectivity index (χ3n) is 8.96. The van der Waals surface area contributed by atoms with Gasteiger partial charge in [-0.25, -0.2) is 4.99 Å². The third-order valence-corrected chi connectivity index (χ3v) is 8.96. The number of hydrogen-bond donors (Lipinski definition) is 2. The molecule has 0 fully saturated rings. The van der Waals surface area contributed by atoms with Gasteiger partial charge in [-0.1, -0.05) is 32.4 Å². The molecule has 2 aromatic rings. The van der Waals surface area contributed by atoms with E-state index in [9.17, 15) is 9.59 Å². The number of rotatable bonds is 2. The number of guanidine groups is 1. The number of carbonyl (C=O) groups excluding carboxylic acids is 2. The summed E-state index contributed by atoms with van der Waals surface area (Å²) >= 11 is 0. The molecule has 8 nitrogen and oxygen atoms in total. The number of fused-ring (bicyclic) bond motifs is 5. The molecule has 2 amide bonds. The lowest BCUT2D eigenvalue weighted by Crippen LogP contribution is -2.53. The predicted octanol–water partition coefficient (Wildman–Crippen LogP) is 4.96. The lowest BCUT2D eigenvalue weighted by atomic mass is 9.84. The van der Waals surface area contributed by atoms with E-state index in [0.717, 1.165) is 61.8 Å². The van der Waals surface area contributed by atoms with E-state index in [2.05, 4.69) is 37.4 Å². The van der Waals surface area contributed by atoms with E-state index < -0.39 is 5.54 Å². The van der Waals surface area contributed by atoms with Crippen molar-refractivity contribution in [2.45, 2.75) is 95.4 Å². The zero-order valence-electron chi connectivity index (χ0n) is 22.9. The van der Waals surface area contributed by atoms with Gasteiger partial charge in [0.1, 0.15) is 17.6 Å². The van der Waals surface area contributed by atoms with Crippen molar-refractivity contribution in [1.82, 2.24) is 10.2 Å². The van der Waals surface area contributed by atoms with Gasteiger partial charge in [-0.3, -0.25) is 14.5 Å². The summed E-state index contributed by atoms with van der Waals surface area (Å²) in [5.74, 6) is 1.64. The molecular formula is C31H38N4O4. The highest BCUT2D eigenvalue weighted by atomic mass is 16.5. The molecule has 7 rings (SSSR count). The monoisotopic (exact) mass is 530 g/mol. The number of nitrogens with one attached hydrogen (secondary N) is 1. The summed E-state index contributed by atoms with van der Waals surface area (Å²) in [6.07, 6.45) is 7.01. The van der Waals surface area contributed by atoms with Crippen LogP contribution in [0, 0.1) is 0 Å². The van der Waals surface area contributed by atoms with Crippen LogP contribution in [0.4, 0.5) is 0 Å². The summed E-state index contributed by atoms with van der Waals surface area (Å²) in [6.45, 7) is 4.67. The second-order valence-electron chi connectivity index (χ2n) is 11.4. The normalized spacial score (nSPS) is 28.4. The lowest BCUT2D eigenvalue weighted by molar-refractivity contribution is -0.132. The highest BCUT2D eigenvalue weighted by Gasteiger charge is 2.42. The molecule has 0 saturated heterocycles. The molecule has 5 heterocycles. The first-order chi connectivity index (χ1) is 18.9. The molecular weight excluding hydrogens is 492 g/mol. The van der Waals surface area contributed by atoms with Crippen LogP contribution in [0.2, 0.25) is 0 Å². The fraction of sp³-hybridized carbons (Fsp3) is 0.516. The summed E-state index contributed by atoms with van der Waals surface area (Å²) in [6, 6.07) is 11.4. The van der Waals surface area contributed by atoms with Gasteiger partial charge in [0.15, 0.2) is 5.96 Å². The smallest absolute Gasteiger partial charge is 0.251 e. The molecule has 2 aromatic carbocycles. The molecule has 5 aliphatic rings. The van der Waals surface area contributed by atoms with Gasteiger partial charge in [-0.15, -0.1) is 0 Å². The van der Waals surface area contributed by atoms with E-state index in [4.69, 9.17) is 20.2 Å². The number of aryl methyl sites for hydroxylation is 1. The van der Waals surface area contributed by atoms with E-state index in [1.165, 1.54) is 5.56 Å². The Hall–Kier alpha value is -3.55. The maximum atomic E-state index is 13.6. The molecule has 6 bridgehead atoms. The van der Waals surface area contributed by atoms with Crippen LogP contribution in [0.3, 0.4) is 0 Å². The number of nitrogens with zero attached hydrogens (tertiary/aromatic N) is 2. The number of nitrogens with two attached hydrogens (primary N) is 1. The first-order valence-electron chi connectivity index (χ1n) is 14.4. The van der Waals surface area contributed by atoms with Crippen LogP contribution in [0.5, 0.6) is 11.5 Å². The average molecular weight is 531 g/mol. The van der Waals surface area contributed by atoms with Crippen molar-refractivity contribution >= 4 is 17.8 Å². The van der Waals surface area contributed by atoms with Gasteiger partial charge in [-0.05, 0) is 61.9 Å². The molecule has 0 aliphatic carbocycles. The van der Waals surface area contributed by atoms with Crippen molar-refractivity contribution in [3.63, 3.8) is 0 Å². The quantitative estimate of drug-likeness (QED) is 0.571. The molecule has 5 aliphatic heterocycles. The zero-order valence-corrected chi connectivity index (χ0v) is 22.9. The molecule has 0 unspecified atom stereocenters. The van der Waals surface area contributed by atoms with Crippen LogP contribution in [-0.4, -0.2) is 40.9 Å². The van der Waals surface area contributed by atoms with Gasteiger partial charge in [0.2, 0.25) is 5.91 Å². The Bertz CT molecular complexity index is 1320. The van der Waals surface area contributed by atoms with Gasteiger partial charge in [0.25, 0.3) is 5.91 Å². The molecule has 0 spiro atoms. The van der Waals surface area contributed by atoms with Crippen molar-refractivity contribution < 1.29 is 19.1 Å². The Morgan fingerprint density at radius 1 is 1.10 bits per heavy atom. The topological polar surface area (TPSA) is 106 Å². The average Bonchev–Trinajstić information content (AvgIpc) is 2.94. The van der Waals surface area contributed by atoms with E-state index in [1.54, 1.807) is 11.0 Å². The third kappa shape index (κ3) is 4.74. The largest absolute Gasteiger partial charge is 0.493 e. The van der Waals surface area contributed by atoms with Gasteiger partial charge in [0, 0.05) is 29.5 Å². The number of amides is 2. The number of carbonyl (C=O) groups is 2. The van der Waals surface area contributed by atoms with Gasteiger partial charge in [0.05, 0.1) is 30.7 Å². The molecule has 4 atom stereocenters. The molecule has 0 radical (unpaired) electrons. The van der Waals surface area contributed by atoms with Crippen LogP contribution in [0.1, 0.15) is 104 Å². The fourth-order valence-electron chi connectivity index (χ4n) is 6.64. The van der Waals surface area contributed by atoms with E-state index in [1.807, 2.05) is 12.1 Å². The van der Waals surface area contributed by atoms with Crippen LogP contribution in [0.25, 0.3) is 0 Å². The van der Waals surface area contributed by atoms with Crippen LogP contribution < -0.4 is 20.5 Å². The highest BCUT2D eigenvalue weighted by Crippen LogP contribution is 2.42. The first-order valence-corrected chi connectivity index (χ1v) is 14.4. The van der Waals surface area contributed by atoms with Crippen molar-refractivity contribution in [3.05, 3.63) is 58.7 Å². The Morgan fingerprint density at radius 2 is 1.95 bits per heavy atom. The van der Waals surface area contributed by atoms with E-state index in [0.29, 0.717) is 30.8 Å². The summed E-state index contributed by atoms with van der Waals surface area (Å²) < 4.78 is 12.2. The molecule has 3 N–H and O–H groups in total. The minimum absolute atomic E-state index is 0.00813. The SMILES string of the molecule is CC[C@H]1C[C@@H]2NC(=O)c3ccc4c(c3)[C@@H](CCO4)N3C(=O)C[C@@](CC)(CCCCc4ccc(c2c4)O1)N=C3N. The zero-order chi connectivity index (χ0) is 27.1. The lowest BCUT2D eigenvalue weighted by Gasteiger charge is -2.42. The Balaban J connectivity index is 1.43. The van der Waals surface area contributed by atoms with Crippen molar-refractivity contribution in [3.8, 4) is 11.5 Å². The first kappa shape index (κ1) is 25.7. The molecule has 206 valence electrons. The maximum Gasteiger partial charge on any atom is 0.251 e. The van der Waals surface area contributed by atoms with Crippen LogP contribution in [-0.2, 0) is 11.2 Å². The maximum absolute atomic E-state index is 13.6. The number of benzene rings is 2. The Morgan fingerprint density at radius 3 is 2.74 bits per heavy atom. The summed E-state index contributed by atoms with van der Waals surface area (Å²) in [5, 5.41) is 3.29. The van der Waals surface area contributed by atoms with E-state index >= 15 is 0 Å². The van der Waals surface area contributed by atoms with Crippen molar-refractivity contribution in [2.75, 3.05) is 6.61 Å².